The van der Waals surface area contributed by atoms with Crippen molar-refractivity contribution >= 4 is 40.6 Å². The molecule has 88 valence electrons. The van der Waals surface area contributed by atoms with Gasteiger partial charge in [0.05, 0.1) is 11.3 Å². The third-order valence-electron chi connectivity index (χ3n) is 2.53. The number of rotatable bonds is 2. The Hall–Kier alpha value is -1.32. The highest BCUT2D eigenvalue weighted by atomic mass is 35.5. The summed E-state index contributed by atoms with van der Waals surface area (Å²) >= 11 is 11.4. The van der Waals surface area contributed by atoms with E-state index in [0.29, 0.717) is 22.8 Å². The Balaban J connectivity index is 2.45. The maximum atomic E-state index is 11.8. The maximum Gasteiger partial charge on any atom is 0.299 e. The van der Waals surface area contributed by atoms with Crippen LogP contribution < -0.4 is 4.90 Å². The van der Waals surface area contributed by atoms with E-state index >= 15 is 0 Å². The molecule has 1 amide bonds. The zero-order valence-electron chi connectivity index (χ0n) is 9.04. The molecular weight excluding hydrogens is 261 g/mol. The van der Waals surface area contributed by atoms with Crippen molar-refractivity contribution in [1.29, 1.82) is 0 Å². The average Bonchev–Trinajstić information content (AvgIpc) is 2.54. The summed E-state index contributed by atoms with van der Waals surface area (Å²) in [5, 5.41) is 0.441. The van der Waals surface area contributed by atoms with Crippen molar-refractivity contribution in [3.63, 3.8) is 0 Å². The maximum absolute atomic E-state index is 11.8. The summed E-state index contributed by atoms with van der Waals surface area (Å²) in [5.74, 6) is -1.06. The molecule has 0 bridgehead atoms. The number of halogens is 2. The first-order valence-electron chi connectivity index (χ1n) is 4.96. The summed E-state index contributed by atoms with van der Waals surface area (Å²) in [7, 11) is 0. The molecule has 0 N–H and O–H groups in total. The van der Waals surface area contributed by atoms with Gasteiger partial charge in [-0.25, -0.2) is 0 Å². The molecular formula is C12H9Cl2NO2. The van der Waals surface area contributed by atoms with Crippen molar-refractivity contribution in [2.75, 3.05) is 11.4 Å². The number of ketones is 1. The molecule has 0 unspecified atom stereocenters. The first-order valence-corrected chi connectivity index (χ1v) is 5.77. The fourth-order valence-electron chi connectivity index (χ4n) is 1.71. The van der Waals surface area contributed by atoms with Gasteiger partial charge >= 0.3 is 0 Å². The number of anilines is 1. The molecule has 17 heavy (non-hydrogen) atoms. The number of hydrogen-bond donors (Lipinski definition) is 0. The molecule has 0 saturated carbocycles. The van der Waals surface area contributed by atoms with E-state index in [1.165, 1.54) is 16.5 Å². The Morgan fingerprint density at radius 1 is 1.41 bits per heavy atom. The number of carbonyl (C=O) groups is 2. The van der Waals surface area contributed by atoms with Gasteiger partial charge in [0.2, 0.25) is 0 Å². The molecule has 2 rings (SSSR count). The van der Waals surface area contributed by atoms with E-state index in [1.54, 1.807) is 19.1 Å². The highest BCUT2D eigenvalue weighted by Crippen LogP contribution is 2.31. The largest absolute Gasteiger partial charge is 0.301 e. The van der Waals surface area contributed by atoms with Gasteiger partial charge in [-0.05, 0) is 30.7 Å². The van der Waals surface area contributed by atoms with Crippen molar-refractivity contribution in [2.24, 2.45) is 0 Å². The monoisotopic (exact) mass is 269 g/mol. The molecule has 0 saturated heterocycles. The van der Waals surface area contributed by atoms with E-state index in [1.807, 2.05) is 0 Å². The molecule has 0 fully saturated rings. The highest BCUT2D eigenvalue weighted by molar-refractivity contribution is 6.52. The summed E-state index contributed by atoms with van der Waals surface area (Å²) in [5.41, 5.74) is 3.13. The molecule has 1 aliphatic rings. The van der Waals surface area contributed by atoms with Crippen LogP contribution in [0.4, 0.5) is 5.69 Å². The minimum atomic E-state index is -0.542. The van der Waals surface area contributed by atoms with E-state index in [-0.39, 0.29) is 0 Å². The minimum absolute atomic E-state index is 0.308. The fourth-order valence-corrected chi connectivity index (χ4v) is 1.95. The van der Waals surface area contributed by atoms with Crippen LogP contribution in [-0.4, -0.2) is 18.2 Å². The number of fused-ring (bicyclic) bond motifs is 1. The molecule has 0 aliphatic carbocycles. The molecule has 5 heteroatoms. The zero-order valence-corrected chi connectivity index (χ0v) is 10.5. The lowest BCUT2D eigenvalue weighted by Crippen LogP contribution is -2.31. The van der Waals surface area contributed by atoms with Gasteiger partial charge in [0, 0.05) is 17.1 Å². The van der Waals surface area contributed by atoms with Crippen molar-refractivity contribution in [3.8, 4) is 0 Å². The van der Waals surface area contributed by atoms with Gasteiger partial charge in [0.25, 0.3) is 11.7 Å². The van der Waals surface area contributed by atoms with Crippen LogP contribution in [0.25, 0.3) is 0 Å². The summed E-state index contributed by atoms with van der Waals surface area (Å²) in [6, 6.07) is 4.83. The second-order valence-corrected chi connectivity index (χ2v) is 4.49. The van der Waals surface area contributed by atoms with Crippen LogP contribution in [0.15, 0.2) is 29.3 Å². The number of amides is 1. The van der Waals surface area contributed by atoms with Gasteiger partial charge in [0.1, 0.15) is 0 Å². The van der Waals surface area contributed by atoms with Crippen molar-refractivity contribution < 1.29 is 9.59 Å². The summed E-state index contributed by atoms with van der Waals surface area (Å²) in [4.78, 5) is 24.9. The average molecular weight is 270 g/mol. The molecule has 1 aromatic carbocycles. The quantitative estimate of drug-likeness (QED) is 0.774. The smallest absolute Gasteiger partial charge is 0.299 e. The van der Waals surface area contributed by atoms with Gasteiger partial charge < -0.3 is 4.90 Å². The van der Waals surface area contributed by atoms with Crippen molar-refractivity contribution in [1.82, 2.24) is 0 Å². The van der Waals surface area contributed by atoms with E-state index in [9.17, 15) is 9.59 Å². The van der Waals surface area contributed by atoms with Crippen LogP contribution in [0.5, 0.6) is 0 Å². The molecule has 3 nitrogen and oxygen atoms in total. The van der Waals surface area contributed by atoms with Crippen LogP contribution in [0, 0.1) is 0 Å². The van der Waals surface area contributed by atoms with Crippen molar-refractivity contribution in [3.05, 3.63) is 39.9 Å². The third-order valence-corrected chi connectivity index (χ3v) is 3.13. The van der Waals surface area contributed by atoms with Gasteiger partial charge in [-0.1, -0.05) is 23.2 Å². The summed E-state index contributed by atoms with van der Waals surface area (Å²) < 4.78 is 0. The Labute approximate surface area is 109 Å². The summed E-state index contributed by atoms with van der Waals surface area (Å²) in [6.07, 6.45) is 0. The first-order chi connectivity index (χ1) is 8.04. The predicted molar refractivity (Wildman–Crippen MR) is 67.7 cm³/mol. The molecule has 0 atom stereocenters. The first kappa shape index (κ1) is 12.1. The molecule has 1 aliphatic heterocycles. The Morgan fingerprint density at radius 2 is 2.12 bits per heavy atom. The SMILES string of the molecule is C/C(=C/Cl)CN1C(=O)C(=O)c2cc(Cl)ccc21. The zero-order chi connectivity index (χ0) is 12.6. The molecule has 0 radical (unpaired) electrons. The van der Waals surface area contributed by atoms with Crippen LogP contribution >= 0.6 is 23.2 Å². The molecule has 0 spiro atoms. The van der Waals surface area contributed by atoms with Crippen LogP contribution in [0.3, 0.4) is 0 Å². The second-order valence-electron chi connectivity index (χ2n) is 3.84. The number of hydrogen-bond acceptors (Lipinski definition) is 2. The molecule has 1 aromatic rings. The third kappa shape index (κ3) is 2.08. The van der Waals surface area contributed by atoms with E-state index in [0.717, 1.165) is 5.57 Å². The Bertz CT molecular complexity index is 537. The number of nitrogens with zero attached hydrogens (tertiary/aromatic N) is 1. The van der Waals surface area contributed by atoms with Gasteiger partial charge in [0.15, 0.2) is 0 Å². The molecule has 1 heterocycles. The van der Waals surface area contributed by atoms with E-state index < -0.39 is 11.7 Å². The van der Waals surface area contributed by atoms with Crippen molar-refractivity contribution in [2.45, 2.75) is 6.92 Å². The van der Waals surface area contributed by atoms with Crippen LogP contribution in [-0.2, 0) is 4.79 Å². The lowest BCUT2D eigenvalue weighted by molar-refractivity contribution is -0.114. The Kier molecular flexibility index (Phi) is 3.22. The topological polar surface area (TPSA) is 37.4 Å². The van der Waals surface area contributed by atoms with E-state index in [4.69, 9.17) is 23.2 Å². The molecule has 0 aromatic heterocycles. The predicted octanol–water partition coefficient (Wildman–Crippen LogP) is 3.01. The number of benzene rings is 1. The van der Waals surface area contributed by atoms with Gasteiger partial charge in [-0.2, -0.15) is 0 Å². The minimum Gasteiger partial charge on any atom is -0.301 e. The fraction of sp³-hybridized carbons (Fsp3) is 0.167. The van der Waals surface area contributed by atoms with E-state index in [2.05, 4.69) is 0 Å². The number of Topliss-reactive ketones (excluding diaryl/α,β-unsaturated/α-hetero) is 1. The standard InChI is InChI=1S/C12H9Cl2NO2/c1-7(5-13)6-15-10-3-2-8(14)4-9(10)11(16)12(15)17/h2-5H,6H2,1H3/b7-5-. The Morgan fingerprint density at radius 3 is 2.76 bits per heavy atom. The van der Waals surface area contributed by atoms with Crippen LogP contribution in [0.2, 0.25) is 5.02 Å². The van der Waals surface area contributed by atoms with Crippen LogP contribution in [0.1, 0.15) is 17.3 Å². The summed E-state index contributed by atoms with van der Waals surface area (Å²) in [6.45, 7) is 2.10. The second kappa shape index (κ2) is 4.51. The van der Waals surface area contributed by atoms with Gasteiger partial charge in [-0.3, -0.25) is 9.59 Å². The lowest BCUT2D eigenvalue weighted by atomic mass is 10.1. The van der Waals surface area contributed by atoms with Gasteiger partial charge in [-0.15, -0.1) is 0 Å². The normalized spacial score (nSPS) is 15.5. The lowest BCUT2D eigenvalue weighted by Gasteiger charge is -2.16. The number of carbonyl (C=O) groups excluding carboxylic acids is 2. The highest BCUT2D eigenvalue weighted by Gasteiger charge is 2.35.